The summed E-state index contributed by atoms with van der Waals surface area (Å²) >= 11 is 0. The molecular weight excluding hydrogens is 136 g/mol. The van der Waals surface area contributed by atoms with Crippen LogP contribution in [-0.4, -0.2) is 36.1 Å². The predicted octanol–water partition coefficient (Wildman–Crippen LogP) is -0.302. The summed E-state index contributed by atoms with van der Waals surface area (Å²) in [5.74, 6) is 0. The maximum Gasteiger partial charge on any atom is 0.110 e. The highest BCUT2D eigenvalue weighted by Gasteiger charge is 2.00. The Morgan fingerprint density at radius 2 is 2.10 bits per heavy atom. The molecule has 0 saturated carbocycles. The van der Waals surface area contributed by atoms with E-state index in [0.29, 0.717) is 6.61 Å². The first-order valence-corrected chi connectivity index (χ1v) is 3.34. The number of aliphatic hydroxyl groups is 2. The van der Waals surface area contributed by atoms with Crippen LogP contribution in [0.5, 0.6) is 0 Å². The Kier molecular flexibility index (Phi) is 6.84. The van der Waals surface area contributed by atoms with Crippen molar-refractivity contribution in [2.45, 2.75) is 19.4 Å². The fraction of sp³-hybridized carbons (Fsp3) is 1.00. The standard InChI is InChI=1S/C6H14O4/c1-2-3-9-10-5-6(8)4-7/h6-8H,2-5H2,1H3. The zero-order valence-electron chi connectivity index (χ0n) is 6.12. The minimum absolute atomic E-state index is 0.0243. The molecule has 1 atom stereocenters. The summed E-state index contributed by atoms with van der Waals surface area (Å²) in [6.45, 7) is 2.19. The van der Waals surface area contributed by atoms with Gasteiger partial charge in [0.1, 0.15) is 12.7 Å². The molecule has 0 aliphatic carbocycles. The number of hydrogen-bond donors (Lipinski definition) is 2. The molecule has 10 heavy (non-hydrogen) atoms. The lowest BCUT2D eigenvalue weighted by Crippen LogP contribution is -2.19. The fourth-order valence-corrected chi connectivity index (χ4v) is 0.322. The van der Waals surface area contributed by atoms with Crippen molar-refractivity contribution in [3.05, 3.63) is 0 Å². The van der Waals surface area contributed by atoms with Gasteiger partial charge in [-0.3, -0.25) is 0 Å². The van der Waals surface area contributed by atoms with E-state index in [2.05, 4.69) is 9.78 Å². The van der Waals surface area contributed by atoms with Crippen LogP contribution >= 0.6 is 0 Å². The van der Waals surface area contributed by atoms with Crippen molar-refractivity contribution < 1.29 is 20.0 Å². The third kappa shape index (κ3) is 5.97. The van der Waals surface area contributed by atoms with Crippen LogP contribution in [0, 0.1) is 0 Å². The van der Waals surface area contributed by atoms with Gasteiger partial charge in [0.25, 0.3) is 0 Å². The highest BCUT2D eigenvalue weighted by atomic mass is 17.2. The fourth-order valence-electron chi connectivity index (χ4n) is 0.322. The second kappa shape index (κ2) is 6.95. The van der Waals surface area contributed by atoms with Crippen LogP contribution in [0.1, 0.15) is 13.3 Å². The summed E-state index contributed by atoms with van der Waals surface area (Å²) in [6.07, 6.45) is 0.0340. The van der Waals surface area contributed by atoms with Crippen LogP contribution in [0.25, 0.3) is 0 Å². The quantitative estimate of drug-likeness (QED) is 0.310. The van der Waals surface area contributed by atoms with E-state index in [1.807, 2.05) is 6.92 Å². The average molecular weight is 150 g/mol. The summed E-state index contributed by atoms with van der Waals surface area (Å²) in [7, 11) is 0. The molecule has 0 aromatic rings. The second-order valence-electron chi connectivity index (χ2n) is 1.94. The first-order chi connectivity index (χ1) is 4.81. The van der Waals surface area contributed by atoms with E-state index in [4.69, 9.17) is 10.2 Å². The molecule has 0 bridgehead atoms. The van der Waals surface area contributed by atoms with Crippen LogP contribution in [0.2, 0.25) is 0 Å². The van der Waals surface area contributed by atoms with Gasteiger partial charge in [-0.2, -0.15) is 0 Å². The number of rotatable bonds is 6. The van der Waals surface area contributed by atoms with Gasteiger partial charge in [0.15, 0.2) is 0 Å². The van der Waals surface area contributed by atoms with Crippen LogP contribution in [0.3, 0.4) is 0 Å². The topological polar surface area (TPSA) is 58.9 Å². The molecule has 0 rings (SSSR count). The van der Waals surface area contributed by atoms with Crippen LogP contribution in [0.4, 0.5) is 0 Å². The number of aliphatic hydroxyl groups excluding tert-OH is 2. The van der Waals surface area contributed by atoms with E-state index in [1.54, 1.807) is 0 Å². The third-order valence-electron chi connectivity index (χ3n) is 0.842. The zero-order chi connectivity index (χ0) is 7.82. The normalized spacial score (nSPS) is 13.5. The predicted molar refractivity (Wildman–Crippen MR) is 35.3 cm³/mol. The van der Waals surface area contributed by atoms with Gasteiger partial charge >= 0.3 is 0 Å². The number of hydrogen-bond acceptors (Lipinski definition) is 4. The van der Waals surface area contributed by atoms with E-state index in [-0.39, 0.29) is 13.2 Å². The third-order valence-corrected chi connectivity index (χ3v) is 0.842. The van der Waals surface area contributed by atoms with Gasteiger partial charge in [-0.25, -0.2) is 9.78 Å². The maximum atomic E-state index is 8.70. The summed E-state index contributed by atoms with van der Waals surface area (Å²) in [4.78, 5) is 9.10. The Hall–Kier alpha value is -0.160. The van der Waals surface area contributed by atoms with Crippen molar-refractivity contribution in [2.24, 2.45) is 0 Å². The van der Waals surface area contributed by atoms with Crippen molar-refractivity contribution in [3.63, 3.8) is 0 Å². The molecule has 0 radical (unpaired) electrons. The Bertz CT molecular complexity index is 66.8. The summed E-state index contributed by atoms with van der Waals surface area (Å²) < 4.78 is 0. The minimum Gasteiger partial charge on any atom is -0.394 e. The lowest BCUT2D eigenvalue weighted by molar-refractivity contribution is -0.306. The summed E-state index contributed by atoms with van der Waals surface area (Å²) in [6, 6.07) is 0. The molecular formula is C6H14O4. The molecule has 62 valence electrons. The van der Waals surface area contributed by atoms with Gasteiger partial charge in [-0.15, -0.1) is 0 Å². The van der Waals surface area contributed by atoms with E-state index in [0.717, 1.165) is 6.42 Å². The van der Waals surface area contributed by atoms with E-state index in [9.17, 15) is 0 Å². The second-order valence-corrected chi connectivity index (χ2v) is 1.94. The molecule has 4 heteroatoms. The molecule has 0 heterocycles. The van der Waals surface area contributed by atoms with E-state index >= 15 is 0 Å². The van der Waals surface area contributed by atoms with Crippen molar-refractivity contribution in [3.8, 4) is 0 Å². The monoisotopic (exact) mass is 150 g/mol. The molecule has 0 aromatic heterocycles. The minimum atomic E-state index is -0.836. The van der Waals surface area contributed by atoms with Gasteiger partial charge in [-0.1, -0.05) is 6.92 Å². The molecule has 4 nitrogen and oxygen atoms in total. The van der Waals surface area contributed by atoms with Crippen LogP contribution in [0.15, 0.2) is 0 Å². The van der Waals surface area contributed by atoms with Gasteiger partial charge in [0, 0.05) is 0 Å². The maximum absolute atomic E-state index is 8.70. The molecule has 0 spiro atoms. The molecule has 2 N–H and O–H groups in total. The zero-order valence-corrected chi connectivity index (χ0v) is 6.12. The van der Waals surface area contributed by atoms with Crippen LogP contribution in [-0.2, 0) is 9.78 Å². The van der Waals surface area contributed by atoms with Crippen molar-refractivity contribution in [1.82, 2.24) is 0 Å². The SMILES string of the molecule is CCCOOCC(O)CO. The largest absolute Gasteiger partial charge is 0.394 e. The van der Waals surface area contributed by atoms with E-state index in [1.165, 1.54) is 0 Å². The highest BCUT2D eigenvalue weighted by molar-refractivity contribution is 4.45. The molecule has 0 fully saturated rings. The van der Waals surface area contributed by atoms with Crippen molar-refractivity contribution in [2.75, 3.05) is 19.8 Å². The molecule has 0 aliphatic rings. The smallest absolute Gasteiger partial charge is 0.110 e. The van der Waals surface area contributed by atoms with Gasteiger partial charge in [0.05, 0.1) is 13.2 Å². The molecule has 0 amide bonds. The molecule has 0 aromatic carbocycles. The van der Waals surface area contributed by atoms with Gasteiger partial charge < -0.3 is 10.2 Å². The van der Waals surface area contributed by atoms with Crippen LogP contribution < -0.4 is 0 Å². The van der Waals surface area contributed by atoms with Crippen molar-refractivity contribution >= 4 is 0 Å². The first-order valence-electron chi connectivity index (χ1n) is 3.34. The lowest BCUT2D eigenvalue weighted by atomic mass is 10.4. The molecule has 1 unspecified atom stereocenters. The molecule has 0 aliphatic heterocycles. The molecule has 0 saturated heterocycles. The Morgan fingerprint density at radius 3 is 2.60 bits per heavy atom. The van der Waals surface area contributed by atoms with E-state index < -0.39 is 6.10 Å². The highest BCUT2D eigenvalue weighted by Crippen LogP contribution is 1.86. The lowest BCUT2D eigenvalue weighted by Gasteiger charge is -2.05. The summed E-state index contributed by atoms with van der Waals surface area (Å²) in [5, 5.41) is 17.0. The Labute approximate surface area is 60.3 Å². The average Bonchev–Trinajstić information content (AvgIpc) is 1.98. The summed E-state index contributed by atoms with van der Waals surface area (Å²) in [5.41, 5.74) is 0. The Morgan fingerprint density at radius 1 is 1.40 bits per heavy atom. The first kappa shape index (κ1) is 9.84. The Balaban J connectivity index is 2.89. The van der Waals surface area contributed by atoms with Gasteiger partial charge in [-0.05, 0) is 6.42 Å². The van der Waals surface area contributed by atoms with Crippen molar-refractivity contribution in [1.29, 1.82) is 0 Å². The van der Waals surface area contributed by atoms with Gasteiger partial charge in [0.2, 0.25) is 0 Å².